The Balaban J connectivity index is 1.45. The lowest BCUT2D eigenvalue weighted by Crippen LogP contribution is -2.50. The van der Waals surface area contributed by atoms with E-state index < -0.39 is 16.1 Å². The molecular formula is C23H26N4O6S. The van der Waals surface area contributed by atoms with Crippen LogP contribution in [0.5, 0.6) is 5.75 Å². The lowest BCUT2D eigenvalue weighted by Gasteiger charge is -2.34. The summed E-state index contributed by atoms with van der Waals surface area (Å²) < 4.78 is 33.2. The predicted octanol–water partition coefficient (Wildman–Crippen LogP) is 1.82. The summed E-state index contributed by atoms with van der Waals surface area (Å²) in [6.45, 7) is 5.57. The SMILES string of the molecule is CC(=O)Nc1cc(C(=O)N2CCN(S(=O)(=O)c3ccc4c(c3)NC(=O)C(C)O4)CC2)ccc1C. The van der Waals surface area contributed by atoms with Crippen molar-refractivity contribution in [1.82, 2.24) is 9.21 Å². The molecule has 2 N–H and O–H groups in total. The van der Waals surface area contributed by atoms with Crippen LogP contribution in [0.15, 0.2) is 41.3 Å². The molecule has 10 nitrogen and oxygen atoms in total. The molecule has 180 valence electrons. The number of aryl methyl sites for hydroxylation is 1. The van der Waals surface area contributed by atoms with E-state index in [-0.39, 0.29) is 48.8 Å². The van der Waals surface area contributed by atoms with Gasteiger partial charge in [0.15, 0.2) is 6.10 Å². The number of anilines is 2. The van der Waals surface area contributed by atoms with Gasteiger partial charge >= 0.3 is 0 Å². The van der Waals surface area contributed by atoms with Crippen molar-refractivity contribution < 1.29 is 27.5 Å². The van der Waals surface area contributed by atoms with Gasteiger partial charge in [-0.1, -0.05) is 6.07 Å². The third kappa shape index (κ3) is 4.62. The van der Waals surface area contributed by atoms with Gasteiger partial charge in [-0.3, -0.25) is 14.4 Å². The zero-order valence-corrected chi connectivity index (χ0v) is 19.9. The third-order valence-electron chi connectivity index (χ3n) is 5.84. The van der Waals surface area contributed by atoms with Crippen molar-refractivity contribution >= 4 is 39.1 Å². The highest BCUT2D eigenvalue weighted by Gasteiger charge is 2.32. The molecule has 11 heteroatoms. The molecule has 2 aliphatic heterocycles. The van der Waals surface area contributed by atoms with Crippen LogP contribution in [0.25, 0.3) is 0 Å². The summed E-state index contributed by atoms with van der Waals surface area (Å²) in [6, 6.07) is 9.46. The number of nitrogens with one attached hydrogen (secondary N) is 2. The highest BCUT2D eigenvalue weighted by Crippen LogP contribution is 2.33. The molecule has 0 spiro atoms. The molecule has 0 radical (unpaired) electrons. The number of hydrogen-bond acceptors (Lipinski definition) is 6. The van der Waals surface area contributed by atoms with Crippen LogP contribution in [0, 0.1) is 6.92 Å². The maximum Gasteiger partial charge on any atom is 0.265 e. The molecule has 1 saturated heterocycles. The van der Waals surface area contributed by atoms with Crippen LogP contribution < -0.4 is 15.4 Å². The van der Waals surface area contributed by atoms with Crippen molar-refractivity contribution in [2.75, 3.05) is 36.8 Å². The van der Waals surface area contributed by atoms with E-state index >= 15 is 0 Å². The Morgan fingerprint density at radius 2 is 1.79 bits per heavy atom. The average Bonchev–Trinajstić information content (AvgIpc) is 2.80. The van der Waals surface area contributed by atoms with Gasteiger partial charge in [0, 0.05) is 44.4 Å². The molecule has 0 bridgehead atoms. The van der Waals surface area contributed by atoms with Gasteiger partial charge in [-0.2, -0.15) is 4.31 Å². The number of ether oxygens (including phenoxy) is 1. The van der Waals surface area contributed by atoms with Crippen LogP contribution in [0.3, 0.4) is 0 Å². The molecule has 0 aliphatic carbocycles. The van der Waals surface area contributed by atoms with Crippen LogP contribution >= 0.6 is 0 Å². The normalized spacial score (nSPS) is 18.5. The van der Waals surface area contributed by atoms with Gasteiger partial charge in [0.2, 0.25) is 15.9 Å². The van der Waals surface area contributed by atoms with E-state index in [4.69, 9.17) is 4.74 Å². The Labute approximate surface area is 197 Å². The lowest BCUT2D eigenvalue weighted by atomic mass is 10.1. The number of sulfonamides is 1. The number of fused-ring (bicyclic) bond motifs is 1. The van der Waals surface area contributed by atoms with Crippen LogP contribution in [-0.4, -0.2) is 67.6 Å². The maximum absolute atomic E-state index is 13.2. The maximum atomic E-state index is 13.2. The number of carbonyl (C=O) groups is 3. The highest BCUT2D eigenvalue weighted by atomic mass is 32.2. The second-order valence-electron chi connectivity index (χ2n) is 8.31. The number of piperazine rings is 1. The summed E-state index contributed by atoms with van der Waals surface area (Å²) >= 11 is 0. The smallest absolute Gasteiger partial charge is 0.265 e. The Morgan fingerprint density at radius 1 is 1.09 bits per heavy atom. The molecule has 1 fully saturated rings. The Kier molecular flexibility index (Phi) is 6.32. The summed E-state index contributed by atoms with van der Waals surface area (Å²) in [5.41, 5.74) is 2.14. The molecule has 1 atom stereocenters. The van der Waals surface area contributed by atoms with Gasteiger partial charge in [0.05, 0.1) is 10.6 Å². The monoisotopic (exact) mass is 486 g/mol. The fourth-order valence-electron chi connectivity index (χ4n) is 3.89. The quantitative estimate of drug-likeness (QED) is 0.679. The number of carbonyl (C=O) groups excluding carboxylic acids is 3. The second-order valence-corrected chi connectivity index (χ2v) is 10.3. The van der Waals surface area contributed by atoms with Crippen molar-refractivity contribution in [2.24, 2.45) is 0 Å². The summed E-state index contributed by atoms with van der Waals surface area (Å²) in [5, 5.41) is 5.37. The molecule has 2 aromatic carbocycles. The first-order chi connectivity index (χ1) is 16.1. The van der Waals surface area contributed by atoms with Crippen LogP contribution in [0.2, 0.25) is 0 Å². The van der Waals surface area contributed by atoms with E-state index in [1.165, 1.54) is 29.4 Å². The van der Waals surface area contributed by atoms with Gasteiger partial charge in [0.1, 0.15) is 5.75 Å². The van der Waals surface area contributed by atoms with E-state index in [1.54, 1.807) is 30.0 Å². The van der Waals surface area contributed by atoms with Gasteiger partial charge in [0.25, 0.3) is 11.8 Å². The number of amides is 3. The molecule has 2 aromatic rings. The molecule has 1 unspecified atom stereocenters. The fraction of sp³-hybridized carbons (Fsp3) is 0.348. The molecule has 3 amide bonds. The van der Waals surface area contributed by atoms with Crippen LogP contribution in [0.4, 0.5) is 11.4 Å². The van der Waals surface area contributed by atoms with E-state index in [0.29, 0.717) is 22.7 Å². The number of rotatable bonds is 4. The largest absolute Gasteiger partial charge is 0.479 e. The molecule has 0 aromatic heterocycles. The van der Waals surface area contributed by atoms with E-state index in [2.05, 4.69) is 10.6 Å². The van der Waals surface area contributed by atoms with Gasteiger partial charge in [-0.05, 0) is 49.7 Å². The minimum absolute atomic E-state index is 0.0444. The van der Waals surface area contributed by atoms with E-state index in [1.807, 2.05) is 6.92 Å². The Hall–Kier alpha value is -3.44. The van der Waals surface area contributed by atoms with Gasteiger partial charge < -0.3 is 20.3 Å². The minimum atomic E-state index is -3.83. The minimum Gasteiger partial charge on any atom is -0.479 e. The summed E-state index contributed by atoms with van der Waals surface area (Å²) in [5.74, 6) is -0.383. The number of benzene rings is 2. The highest BCUT2D eigenvalue weighted by molar-refractivity contribution is 7.89. The van der Waals surface area contributed by atoms with Crippen molar-refractivity contribution in [3.8, 4) is 5.75 Å². The summed E-state index contributed by atoms with van der Waals surface area (Å²) in [6.07, 6.45) is -0.650. The van der Waals surface area contributed by atoms with Crippen molar-refractivity contribution in [3.05, 3.63) is 47.5 Å². The molecule has 2 heterocycles. The number of hydrogen-bond donors (Lipinski definition) is 2. The van der Waals surface area contributed by atoms with Gasteiger partial charge in [-0.15, -0.1) is 0 Å². The number of nitrogens with zero attached hydrogens (tertiary/aromatic N) is 2. The van der Waals surface area contributed by atoms with E-state index in [9.17, 15) is 22.8 Å². The van der Waals surface area contributed by atoms with Crippen LogP contribution in [0.1, 0.15) is 29.8 Å². The molecule has 2 aliphatic rings. The van der Waals surface area contributed by atoms with E-state index in [0.717, 1.165) is 5.56 Å². The van der Waals surface area contributed by atoms with Crippen molar-refractivity contribution in [1.29, 1.82) is 0 Å². The zero-order valence-electron chi connectivity index (χ0n) is 19.1. The first-order valence-electron chi connectivity index (χ1n) is 10.9. The fourth-order valence-corrected chi connectivity index (χ4v) is 5.34. The zero-order chi connectivity index (χ0) is 24.6. The molecule has 0 saturated carbocycles. The molecule has 4 rings (SSSR count). The first kappa shape index (κ1) is 23.7. The average molecular weight is 487 g/mol. The van der Waals surface area contributed by atoms with Crippen LogP contribution in [-0.2, 0) is 19.6 Å². The topological polar surface area (TPSA) is 125 Å². The second kappa shape index (κ2) is 9.07. The lowest BCUT2D eigenvalue weighted by molar-refractivity contribution is -0.122. The predicted molar refractivity (Wildman–Crippen MR) is 125 cm³/mol. The molecular weight excluding hydrogens is 460 g/mol. The van der Waals surface area contributed by atoms with Crippen molar-refractivity contribution in [2.45, 2.75) is 31.8 Å². The molecule has 34 heavy (non-hydrogen) atoms. The Morgan fingerprint density at radius 3 is 2.47 bits per heavy atom. The first-order valence-corrected chi connectivity index (χ1v) is 12.3. The van der Waals surface area contributed by atoms with Crippen molar-refractivity contribution in [3.63, 3.8) is 0 Å². The third-order valence-corrected chi connectivity index (χ3v) is 7.74. The standard InChI is InChI=1S/C23H26N4O6S/c1-14-4-5-17(12-19(14)24-16(3)28)23(30)26-8-10-27(11-9-26)34(31,32)18-6-7-21-20(13-18)25-22(29)15(2)33-21/h4-7,12-13,15H,8-11H2,1-3H3,(H,24,28)(H,25,29). The summed E-state index contributed by atoms with van der Waals surface area (Å²) in [4.78, 5) is 37.9. The summed E-state index contributed by atoms with van der Waals surface area (Å²) in [7, 11) is -3.83. The van der Waals surface area contributed by atoms with Gasteiger partial charge in [-0.25, -0.2) is 8.42 Å². The Bertz CT molecular complexity index is 1270.